The molecule has 3 aliphatic rings. The Morgan fingerprint density at radius 3 is 2.33 bits per heavy atom. The molecule has 0 spiro atoms. The Balaban J connectivity index is 0.741. The molecule has 1 fully saturated rings. The number of hydrogen-bond donors (Lipinski definition) is 5. The predicted octanol–water partition coefficient (Wildman–Crippen LogP) is -0.168. The second kappa shape index (κ2) is 21.3. The lowest BCUT2D eigenvalue weighted by Crippen LogP contribution is -2.59. The number of pyridine rings is 2. The lowest BCUT2D eigenvalue weighted by molar-refractivity contribution is -0.301. The van der Waals surface area contributed by atoms with E-state index in [-0.39, 0.29) is 81.6 Å². The van der Waals surface area contributed by atoms with Gasteiger partial charge in [0, 0.05) is 16.5 Å². The van der Waals surface area contributed by atoms with Gasteiger partial charge in [0.05, 0.1) is 108 Å². The molecule has 5 N–H and O–H groups in total. The first kappa shape index (κ1) is 47.0. The fraction of sp³-hybridized carbons (Fsp3) is 0.571. The molecule has 64 heavy (non-hydrogen) atoms. The summed E-state index contributed by atoms with van der Waals surface area (Å²) in [5.41, 5.74) is 2.30. The molecule has 6 heterocycles. The van der Waals surface area contributed by atoms with Crippen molar-refractivity contribution >= 4 is 23.0 Å². The van der Waals surface area contributed by atoms with Crippen LogP contribution in [0.2, 0.25) is 0 Å². The van der Waals surface area contributed by atoms with Crippen molar-refractivity contribution in [3.8, 4) is 17.1 Å². The molecule has 0 aliphatic carbocycles. The zero-order valence-electron chi connectivity index (χ0n) is 35.5. The van der Waals surface area contributed by atoms with Crippen molar-refractivity contribution in [1.29, 1.82) is 0 Å². The number of aromatic nitrogens is 5. The number of fused-ring (bicyclic) bond motifs is 5. The van der Waals surface area contributed by atoms with Crippen molar-refractivity contribution in [2.24, 2.45) is 0 Å². The van der Waals surface area contributed by atoms with Crippen LogP contribution >= 0.6 is 0 Å². The van der Waals surface area contributed by atoms with Crippen LogP contribution in [0.5, 0.6) is 5.75 Å². The molecule has 3 aromatic heterocycles. The molecular formula is C42H53N5O17. The second-order valence-electron chi connectivity index (χ2n) is 15.2. The SMILES string of the molecule is CCc1c2c(nc3ccc(OC(=O)OCCOCCOCCOCCOCc4cn(CCO[C@H]5O[C@@H](CO)[C@H](O)[C@@H](O)[C@@H]5O)nn4)cc13)-c1cc3c(c(=O)n1C2)COC(=O)[C@]3(O)CC. The summed E-state index contributed by atoms with van der Waals surface area (Å²) in [4.78, 5) is 43.5. The van der Waals surface area contributed by atoms with Crippen LogP contribution in [0.15, 0.2) is 35.3 Å². The predicted molar refractivity (Wildman–Crippen MR) is 218 cm³/mol. The highest BCUT2D eigenvalue weighted by Gasteiger charge is 2.46. The Kier molecular flexibility index (Phi) is 15.7. The first-order valence-corrected chi connectivity index (χ1v) is 21.1. The maximum absolute atomic E-state index is 13.6. The number of aryl methyl sites for hydroxylation is 1. The van der Waals surface area contributed by atoms with E-state index in [0.29, 0.717) is 62.1 Å². The zero-order chi connectivity index (χ0) is 45.4. The van der Waals surface area contributed by atoms with Gasteiger partial charge in [-0.1, -0.05) is 19.1 Å². The third kappa shape index (κ3) is 10.3. The van der Waals surface area contributed by atoms with E-state index in [1.165, 1.54) is 4.68 Å². The minimum absolute atomic E-state index is 0.0398. The van der Waals surface area contributed by atoms with Crippen LogP contribution in [0.1, 0.15) is 48.2 Å². The summed E-state index contributed by atoms with van der Waals surface area (Å²) in [6.07, 6.45) is -5.32. The van der Waals surface area contributed by atoms with Crippen LogP contribution in [0.3, 0.4) is 0 Å². The second-order valence-corrected chi connectivity index (χ2v) is 15.2. The Bertz CT molecular complexity index is 2320. The Morgan fingerprint density at radius 2 is 1.62 bits per heavy atom. The standard InChI is InChI=1S/C42H53N5O17/c1-3-26-27-17-25(5-6-31(27)43-34-28(26)20-47-32(34)18-30-29(38(47)52)23-62-40(53)42(30,55)4-2)63-41(54)61-16-15-58-12-11-56-9-10-57-13-14-59-22-24-19-46(45-44-24)7-8-60-39-37(51)36(50)35(49)33(21-48)64-39/h5-6,17-19,33,35-37,39,48-51,55H,3-4,7-16,20-23H2,1-2H3/t33-,35-,36+,37-,39-,42-/m0/s1. The van der Waals surface area contributed by atoms with Crippen molar-refractivity contribution in [3.05, 3.63) is 68.8 Å². The van der Waals surface area contributed by atoms with Crippen molar-refractivity contribution in [3.63, 3.8) is 0 Å². The molecule has 22 nitrogen and oxygen atoms in total. The van der Waals surface area contributed by atoms with Gasteiger partial charge in [0.1, 0.15) is 49.1 Å². The third-order valence-electron chi connectivity index (χ3n) is 11.2. The number of carbonyl (C=O) groups is 2. The number of ether oxygens (including phenoxy) is 9. The molecule has 0 unspecified atom stereocenters. The highest BCUT2D eigenvalue weighted by molar-refractivity contribution is 5.90. The van der Waals surface area contributed by atoms with Crippen LogP contribution < -0.4 is 10.3 Å². The summed E-state index contributed by atoms with van der Waals surface area (Å²) in [6, 6.07) is 6.71. The van der Waals surface area contributed by atoms with Gasteiger partial charge in [-0.3, -0.25) is 4.79 Å². The van der Waals surface area contributed by atoms with E-state index in [0.717, 1.165) is 16.5 Å². The average Bonchev–Trinajstić information content (AvgIpc) is 3.91. The first-order chi connectivity index (χ1) is 31.0. The van der Waals surface area contributed by atoms with Gasteiger partial charge in [0.15, 0.2) is 11.9 Å². The van der Waals surface area contributed by atoms with Gasteiger partial charge in [-0.25, -0.2) is 19.3 Å². The smallest absolute Gasteiger partial charge is 0.458 e. The summed E-state index contributed by atoms with van der Waals surface area (Å²) in [6.45, 7) is 5.64. The fourth-order valence-electron chi connectivity index (χ4n) is 7.74. The maximum Gasteiger partial charge on any atom is 0.513 e. The Labute approximate surface area is 366 Å². The molecule has 22 heteroatoms. The van der Waals surface area contributed by atoms with E-state index in [1.54, 1.807) is 42.0 Å². The first-order valence-electron chi connectivity index (χ1n) is 21.1. The lowest BCUT2D eigenvalue weighted by atomic mass is 9.86. The summed E-state index contributed by atoms with van der Waals surface area (Å²) in [5, 5.41) is 59.0. The molecule has 348 valence electrons. The number of nitrogens with zero attached hydrogens (tertiary/aromatic N) is 5. The van der Waals surface area contributed by atoms with Gasteiger partial charge in [-0.15, -0.1) is 5.10 Å². The molecule has 6 atom stereocenters. The van der Waals surface area contributed by atoms with Gasteiger partial charge in [0.2, 0.25) is 0 Å². The number of carbonyl (C=O) groups excluding carboxylic acids is 2. The number of esters is 1. The minimum Gasteiger partial charge on any atom is -0.458 e. The van der Waals surface area contributed by atoms with E-state index in [2.05, 4.69) is 10.3 Å². The van der Waals surface area contributed by atoms with Crippen LogP contribution in [-0.4, -0.2) is 159 Å². The largest absolute Gasteiger partial charge is 0.513 e. The van der Waals surface area contributed by atoms with Crippen LogP contribution in [0, 0.1) is 0 Å². The molecule has 3 aliphatic heterocycles. The number of aliphatic hydroxyl groups is 5. The molecule has 0 bridgehead atoms. The maximum atomic E-state index is 13.6. The topological polar surface area (TPSA) is 284 Å². The molecular weight excluding hydrogens is 846 g/mol. The van der Waals surface area contributed by atoms with Gasteiger partial charge >= 0.3 is 12.1 Å². The average molecular weight is 900 g/mol. The minimum atomic E-state index is -1.92. The van der Waals surface area contributed by atoms with E-state index in [1.807, 2.05) is 6.92 Å². The van der Waals surface area contributed by atoms with Crippen LogP contribution in [-0.2, 0) is 81.0 Å². The summed E-state index contributed by atoms with van der Waals surface area (Å²) < 4.78 is 51.7. The summed E-state index contributed by atoms with van der Waals surface area (Å²) in [5.74, 6) is -0.524. The van der Waals surface area contributed by atoms with E-state index in [4.69, 9.17) is 47.6 Å². The van der Waals surface area contributed by atoms with Crippen molar-refractivity contribution < 1.29 is 77.8 Å². The number of cyclic esters (lactones) is 1. The van der Waals surface area contributed by atoms with Gasteiger partial charge in [-0.2, -0.15) is 0 Å². The molecule has 0 radical (unpaired) electrons. The van der Waals surface area contributed by atoms with Crippen molar-refractivity contribution in [1.82, 2.24) is 24.5 Å². The highest BCUT2D eigenvalue weighted by Crippen LogP contribution is 2.41. The fourth-order valence-corrected chi connectivity index (χ4v) is 7.74. The van der Waals surface area contributed by atoms with E-state index in [9.17, 15) is 39.9 Å². The van der Waals surface area contributed by atoms with Crippen LogP contribution in [0.4, 0.5) is 4.79 Å². The van der Waals surface area contributed by atoms with E-state index >= 15 is 0 Å². The summed E-state index contributed by atoms with van der Waals surface area (Å²) >= 11 is 0. The number of benzene rings is 1. The highest BCUT2D eigenvalue weighted by atomic mass is 16.7. The summed E-state index contributed by atoms with van der Waals surface area (Å²) in [7, 11) is 0. The monoisotopic (exact) mass is 899 g/mol. The molecule has 7 rings (SSSR count). The zero-order valence-corrected chi connectivity index (χ0v) is 35.5. The molecule has 1 aromatic carbocycles. The van der Waals surface area contributed by atoms with Gasteiger partial charge in [0.25, 0.3) is 5.56 Å². The third-order valence-corrected chi connectivity index (χ3v) is 11.2. The van der Waals surface area contributed by atoms with Gasteiger partial charge in [-0.05, 0) is 42.7 Å². The Morgan fingerprint density at radius 1 is 0.906 bits per heavy atom. The quantitative estimate of drug-likeness (QED) is 0.0342. The molecule has 0 amide bonds. The van der Waals surface area contributed by atoms with Crippen molar-refractivity contribution in [2.45, 2.75) is 89.3 Å². The number of rotatable bonds is 22. The molecule has 0 saturated carbocycles. The number of aliphatic hydroxyl groups excluding tert-OH is 4. The number of hydrogen-bond acceptors (Lipinski definition) is 20. The van der Waals surface area contributed by atoms with Crippen molar-refractivity contribution in [2.75, 3.05) is 66.1 Å². The lowest BCUT2D eigenvalue weighted by Gasteiger charge is -2.39. The normalized spacial score (nSPS) is 22.5. The molecule has 4 aromatic rings. The van der Waals surface area contributed by atoms with Crippen LogP contribution in [0.25, 0.3) is 22.3 Å². The van der Waals surface area contributed by atoms with E-state index < -0.39 is 55.0 Å². The Hall–Kier alpha value is -4.98. The molecule has 1 saturated heterocycles. The van der Waals surface area contributed by atoms with Gasteiger partial charge < -0.3 is 72.7 Å².